The first-order chi connectivity index (χ1) is 8.84. The molecule has 0 atom stereocenters. The predicted octanol–water partition coefficient (Wildman–Crippen LogP) is -0.0330. The first kappa shape index (κ1) is 13.8. The van der Waals surface area contributed by atoms with Crippen molar-refractivity contribution >= 4 is 5.91 Å². The molecule has 0 radical (unpaired) electrons. The number of amides is 1. The van der Waals surface area contributed by atoms with Gasteiger partial charge in [0.2, 0.25) is 5.91 Å². The fraction of sp³-hybridized carbons (Fsp3) is 0.923. The molecule has 18 heavy (non-hydrogen) atoms. The summed E-state index contributed by atoms with van der Waals surface area (Å²) in [6, 6.07) is 0.565. The molecular weight excluding hydrogens is 230 g/mol. The van der Waals surface area contributed by atoms with Crippen LogP contribution in [0.2, 0.25) is 0 Å². The predicted molar refractivity (Wildman–Crippen MR) is 70.5 cm³/mol. The average Bonchev–Trinajstić information content (AvgIpc) is 2.91. The second-order valence-corrected chi connectivity index (χ2v) is 5.17. The lowest BCUT2D eigenvalue weighted by Gasteiger charge is -2.26. The molecule has 0 bridgehead atoms. The molecule has 104 valence electrons. The van der Waals surface area contributed by atoms with Crippen LogP contribution in [0.1, 0.15) is 25.7 Å². The second kappa shape index (κ2) is 7.71. The Labute approximate surface area is 109 Å². The number of ether oxygens (including phenoxy) is 1. The summed E-state index contributed by atoms with van der Waals surface area (Å²) in [6.45, 7) is 5.73. The smallest absolute Gasteiger partial charge is 0.234 e. The molecule has 0 aromatic carbocycles. The molecule has 1 saturated heterocycles. The molecule has 5 nitrogen and oxygen atoms in total. The van der Waals surface area contributed by atoms with Crippen molar-refractivity contribution in [3.8, 4) is 0 Å². The fourth-order valence-corrected chi connectivity index (χ4v) is 2.61. The van der Waals surface area contributed by atoms with Gasteiger partial charge in [0.15, 0.2) is 0 Å². The summed E-state index contributed by atoms with van der Waals surface area (Å²) in [5.74, 6) is 0.121. The van der Waals surface area contributed by atoms with E-state index in [1.165, 1.54) is 25.7 Å². The Hall–Kier alpha value is -0.650. The molecule has 0 aromatic heterocycles. The van der Waals surface area contributed by atoms with Crippen molar-refractivity contribution in [2.45, 2.75) is 31.7 Å². The highest BCUT2D eigenvalue weighted by Gasteiger charge is 2.15. The van der Waals surface area contributed by atoms with Gasteiger partial charge in [0.05, 0.1) is 19.8 Å². The van der Waals surface area contributed by atoms with Crippen LogP contribution in [0.15, 0.2) is 0 Å². The van der Waals surface area contributed by atoms with Crippen molar-refractivity contribution in [3.63, 3.8) is 0 Å². The van der Waals surface area contributed by atoms with Crippen molar-refractivity contribution < 1.29 is 9.53 Å². The molecule has 2 rings (SSSR count). The molecular formula is C13H25N3O2. The molecule has 1 saturated carbocycles. The molecule has 0 unspecified atom stereocenters. The van der Waals surface area contributed by atoms with Gasteiger partial charge in [-0.05, 0) is 12.8 Å². The highest BCUT2D eigenvalue weighted by atomic mass is 16.5. The van der Waals surface area contributed by atoms with E-state index in [2.05, 4.69) is 15.5 Å². The van der Waals surface area contributed by atoms with Gasteiger partial charge < -0.3 is 15.4 Å². The molecule has 1 aliphatic heterocycles. The topological polar surface area (TPSA) is 53.6 Å². The fourth-order valence-electron chi connectivity index (χ4n) is 2.61. The average molecular weight is 255 g/mol. The molecule has 2 N–H and O–H groups in total. The third-order valence-corrected chi connectivity index (χ3v) is 3.76. The number of carbonyl (C=O) groups excluding carboxylic acids is 1. The maximum atomic E-state index is 11.6. The maximum absolute atomic E-state index is 11.6. The Morgan fingerprint density at radius 3 is 2.67 bits per heavy atom. The highest BCUT2D eigenvalue weighted by Crippen LogP contribution is 2.17. The third-order valence-electron chi connectivity index (χ3n) is 3.76. The van der Waals surface area contributed by atoms with E-state index in [9.17, 15) is 4.79 Å². The van der Waals surface area contributed by atoms with Gasteiger partial charge in [-0.25, -0.2) is 0 Å². The lowest BCUT2D eigenvalue weighted by molar-refractivity contribution is -0.120. The third kappa shape index (κ3) is 4.92. The highest BCUT2D eigenvalue weighted by molar-refractivity contribution is 5.77. The van der Waals surface area contributed by atoms with E-state index in [1.54, 1.807) is 0 Å². The number of carbonyl (C=O) groups is 1. The number of nitrogens with one attached hydrogen (secondary N) is 2. The summed E-state index contributed by atoms with van der Waals surface area (Å²) in [5.41, 5.74) is 0. The SMILES string of the molecule is O=C(CNC1CCCC1)NCCN1CCOCC1. The standard InChI is InChI=1S/C13H25N3O2/c17-13(11-15-12-3-1-2-4-12)14-5-6-16-7-9-18-10-8-16/h12,15H,1-11H2,(H,14,17). The second-order valence-electron chi connectivity index (χ2n) is 5.17. The van der Waals surface area contributed by atoms with Gasteiger partial charge in [-0.3, -0.25) is 9.69 Å². The minimum atomic E-state index is 0.121. The molecule has 0 spiro atoms. The van der Waals surface area contributed by atoms with E-state index in [0.717, 1.165) is 39.4 Å². The van der Waals surface area contributed by atoms with Crippen LogP contribution >= 0.6 is 0 Å². The number of hydrogen-bond acceptors (Lipinski definition) is 4. The zero-order valence-electron chi connectivity index (χ0n) is 11.1. The van der Waals surface area contributed by atoms with E-state index in [4.69, 9.17) is 4.74 Å². The van der Waals surface area contributed by atoms with Gasteiger partial charge in [-0.2, -0.15) is 0 Å². The minimum Gasteiger partial charge on any atom is -0.379 e. The summed E-state index contributed by atoms with van der Waals surface area (Å²) in [7, 11) is 0. The Morgan fingerprint density at radius 1 is 1.22 bits per heavy atom. The van der Waals surface area contributed by atoms with Gasteiger partial charge in [0.25, 0.3) is 0 Å². The van der Waals surface area contributed by atoms with Crippen LogP contribution in [-0.4, -0.2) is 62.8 Å². The lowest BCUT2D eigenvalue weighted by atomic mass is 10.2. The molecule has 5 heteroatoms. The zero-order chi connectivity index (χ0) is 12.6. The van der Waals surface area contributed by atoms with Gasteiger partial charge in [-0.1, -0.05) is 12.8 Å². The van der Waals surface area contributed by atoms with E-state index in [1.807, 2.05) is 0 Å². The molecule has 0 aromatic rings. The largest absolute Gasteiger partial charge is 0.379 e. The van der Waals surface area contributed by atoms with Crippen LogP contribution in [-0.2, 0) is 9.53 Å². The summed E-state index contributed by atoms with van der Waals surface area (Å²) < 4.78 is 5.28. The van der Waals surface area contributed by atoms with Crippen LogP contribution < -0.4 is 10.6 Å². The van der Waals surface area contributed by atoms with Gasteiger partial charge >= 0.3 is 0 Å². The van der Waals surface area contributed by atoms with Crippen LogP contribution in [0, 0.1) is 0 Å². The Kier molecular flexibility index (Phi) is 5.90. The van der Waals surface area contributed by atoms with E-state index < -0.39 is 0 Å². The first-order valence-corrected chi connectivity index (χ1v) is 7.15. The van der Waals surface area contributed by atoms with Gasteiger partial charge in [0, 0.05) is 32.2 Å². The molecule has 1 heterocycles. The molecule has 1 amide bonds. The van der Waals surface area contributed by atoms with Crippen molar-refractivity contribution in [2.75, 3.05) is 45.9 Å². The summed E-state index contributed by atoms with van der Waals surface area (Å²) >= 11 is 0. The van der Waals surface area contributed by atoms with Crippen LogP contribution in [0.5, 0.6) is 0 Å². The van der Waals surface area contributed by atoms with Crippen molar-refractivity contribution in [2.24, 2.45) is 0 Å². The normalized spacial score (nSPS) is 22.2. The number of hydrogen-bond donors (Lipinski definition) is 2. The monoisotopic (exact) mass is 255 g/mol. The molecule has 1 aliphatic carbocycles. The Bertz CT molecular complexity index is 249. The van der Waals surface area contributed by atoms with Crippen LogP contribution in [0.3, 0.4) is 0 Å². The van der Waals surface area contributed by atoms with Crippen molar-refractivity contribution in [3.05, 3.63) is 0 Å². The quantitative estimate of drug-likeness (QED) is 0.700. The van der Waals surface area contributed by atoms with Crippen LogP contribution in [0.25, 0.3) is 0 Å². The van der Waals surface area contributed by atoms with E-state index in [-0.39, 0.29) is 5.91 Å². The minimum absolute atomic E-state index is 0.121. The Balaban J connectivity index is 1.48. The number of rotatable bonds is 6. The van der Waals surface area contributed by atoms with Crippen LogP contribution in [0.4, 0.5) is 0 Å². The first-order valence-electron chi connectivity index (χ1n) is 7.15. The summed E-state index contributed by atoms with van der Waals surface area (Å²) in [5, 5.41) is 6.29. The summed E-state index contributed by atoms with van der Waals surface area (Å²) in [4.78, 5) is 14.0. The number of morpholine rings is 1. The zero-order valence-corrected chi connectivity index (χ0v) is 11.1. The van der Waals surface area contributed by atoms with E-state index >= 15 is 0 Å². The molecule has 2 aliphatic rings. The number of nitrogens with zero attached hydrogens (tertiary/aromatic N) is 1. The lowest BCUT2D eigenvalue weighted by Crippen LogP contribution is -2.43. The summed E-state index contributed by atoms with van der Waals surface area (Å²) in [6.07, 6.45) is 5.05. The Morgan fingerprint density at radius 2 is 1.94 bits per heavy atom. The van der Waals surface area contributed by atoms with E-state index in [0.29, 0.717) is 12.6 Å². The van der Waals surface area contributed by atoms with Gasteiger partial charge in [0.1, 0.15) is 0 Å². The molecule has 2 fully saturated rings. The van der Waals surface area contributed by atoms with Crippen molar-refractivity contribution in [1.82, 2.24) is 15.5 Å². The maximum Gasteiger partial charge on any atom is 0.234 e. The van der Waals surface area contributed by atoms with Gasteiger partial charge in [-0.15, -0.1) is 0 Å². The van der Waals surface area contributed by atoms with Crippen molar-refractivity contribution in [1.29, 1.82) is 0 Å².